The Balaban J connectivity index is 1.73. The first-order valence-corrected chi connectivity index (χ1v) is 8.30. The van der Waals surface area contributed by atoms with E-state index in [9.17, 15) is 0 Å². The number of nitrogens with one attached hydrogen (secondary N) is 3. The minimum absolute atomic E-state index is 0.0147. The molecule has 3 N–H and O–H groups in total. The van der Waals surface area contributed by atoms with E-state index in [-0.39, 0.29) is 11.7 Å². The van der Waals surface area contributed by atoms with Gasteiger partial charge in [-0.25, -0.2) is 0 Å². The van der Waals surface area contributed by atoms with E-state index in [0.29, 0.717) is 0 Å². The van der Waals surface area contributed by atoms with Crippen molar-refractivity contribution in [2.45, 2.75) is 39.4 Å². The van der Waals surface area contributed by atoms with Crippen LogP contribution >= 0.6 is 0 Å². The van der Waals surface area contributed by atoms with Crippen molar-refractivity contribution >= 4 is 11.4 Å². The van der Waals surface area contributed by atoms with Crippen LogP contribution in [0.2, 0.25) is 0 Å². The van der Waals surface area contributed by atoms with Gasteiger partial charge in [0.15, 0.2) is 0 Å². The predicted molar refractivity (Wildman–Crippen MR) is 98.2 cm³/mol. The number of H-pyrrole nitrogens is 1. The molecule has 5 heteroatoms. The zero-order chi connectivity index (χ0) is 16.9. The van der Waals surface area contributed by atoms with Crippen molar-refractivity contribution in [1.29, 1.82) is 0 Å². The van der Waals surface area contributed by atoms with Crippen LogP contribution in [0.15, 0.2) is 42.6 Å². The Bertz CT molecular complexity index is 868. The van der Waals surface area contributed by atoms with Crippen LogP contribution in [-0.4, -0.2) is 14.8 Å². The molecule has 2 aromatic heterocycles. The highest BCUT2D eigenvalue weighted by atomic mass is 15.4. The number of aromatic amines is 1. The van der Waals surface area contributed by atoms with Gasteiger partial charge >= 0.3 is 0 Å². The number of hydrogen-bond donors (Lipinski definition) is 3. The van der Waals surface area contributed by atoms with E-state index in [2.05, 4.69) is 78.3 Å². The molecule has 0 radical (unpaired) electrons. The normalized spacial score (nSPS) is 16.6. The fourth-order valence-corrected chi connectivity index (χ4v) is 3.13. The maximum Gasteiger partial charge on any atom is 0.142 e. The lowest BCUT2D eigenvalue weighted by molar-refractivity contribution is 0.357. The van der Waals surface area contributed by atoms with Gasteiger partial charge in [0, 0.05) is 6.20 Å². The molecule has 1 aromatic carbocycles. The standard InChI is InChI=1S/C19H23N5/c1-12-7-8-13-15(10-12)22-18(21-13)16-11-17(14-6-5-9-20-14)24(23-16)19(2,3)4/h5-11,18,20-22H,1-4H3. The Hall–Kier alpha value is -2.69. The van der Waals surface area contributed by atoms with E-state index in [1.165, 1.54) is 5.56 Å². The van der Waals surface area contributed by atoms with Crippen molar-refractivity contribution in [3.05, 3.63) is 53.9 Å². The van der Waals surface area contributed by atoms with E-state index < -0.39 is 0 Å². The third kappa shape index (κ3) is 2.46. The van der Waals surface area contributed by atoms with Gasteiger partial charge in [0.2, 0.25) is 0 Å². The van der Waals surface area contributed by atoms with Crippen molar-refractivity contribution in [1.82, 2.24) is 14.8 Å². The van der Waals surface area contributed by atoms with E-state index in [0.717, 1.165) is 28.5 Å². The minimum Gasteiger partial charge on any atom is -0.360 e. The first kappa shape index (κ1) is 14.9. The summed E-state index contributed by atoms with van der Waals surface area (Å²) in [6.07, 6.45) is 1.93. The van der Waals surface area contributed by atoms with Gasteiger partial charge in [-0.1, -0.05) is 6.07 Å². The average Bonchev–Trinajstić information content (AvgIpc) is 3.23. The molecule has 1 atom stereocenters. The first-order chi connectivity index (χ1) is 11.4. The molecule has 3 aromatic rings. The Kier molecular flexibility index (Phi) is 3.20. The summed E-state index contributed by atoms with van der Waals surface area (Å²) in [5.41, 5.74) is 6.57. The SMILES string of the molecule is Cc1ccc2c(c1)NC(c1cc(-c3ccc[nH]3)n(C(C)(C)C)n1)N2. The molecule has 24 heavy (non-hydrogen) atoms. The number of nitrogens with zero attached hydrogens (tertiary/aromatic N) is 2. The van der Waals surface area contributed by atoms with Crippen LogP contribution in [0.4, 0.5) is 11.4 Å². The highest BCUT2D eigenvalue weighted by molar-refractivity contribution is 5.75. The number of rotatable bonds is 2. The molecule has 3 heterocycles. The largest absolute Gasteiger partial charge is 0.360 e. The molecule has 0 saturated carbocycles. The molecule has 0 aliphatic carbocycles. The smallest absolute Gasteiger partial charge is 0.142 e. The Labute approximate surface area is 142 Å². The molecule has 4 rings (SSSR count). The molecule has 0 amide bonds. The second kappa shape index (κ2) is 5.16. The van der Waals surface area contributed by atoms with Crippen molar-refractivity contribution in [2.75, 3.05) is 10.6 Å². The van der Waals surface area contributed by atoms with E-state index in [1.807, 2.05) is 12.3 Å². The van der Waals surface area contributed by atoms with Gasteiger partial charge in [0.25, 0.3) is 0 Å². The van der Waals surface area contributed by atoms with Crippen LogP contribution in [0.5, 0.6) is 0 Å². The number of anilines is 2. The third-order valence-corrected chi connectivity index (χ3v) is 4.31. The molecule has 124 valence electrons. The predicted octanol–water partition coefficient (Wildman–Crippen LogP) is 4.48. The summed E-state index contributed by atoms with van der Waals surface area (Å²) in [6, 6.07) is 12.6. The average molecular weight is 321 g/mol. The van der Waals surface area contributed by atoms with Gasteiger partial charge < -0.3 is 15.6 Å². The van der Waals surface area contributed by atoms with Crippen LogP contribution in [0.25, 0.3) is 11.4 Å². The topological polar surface area (TPSA) is 57.7 Å². The van der Waals surface area contributed by atoms with Crippen molar-refractivity contribution in [3.63, 3.8) is 0 Å². The number of benzene rings is 1. The summed E-state index contributed by atoms with van der Waals surface area (Å²) >= 11 is 0. The van der Waals surface area contributed by atoms with Crippen molar-refractivity contribution in [2.24, 2.45) is 0 Å². The van der Waals surface area contributed by atoms with E-state index in [4.69, 9.17) is 5.10 Å². The number of aryl methyl sites for hydroxylation is 1. The summed E-state index contributed by atoms with van der Waals surface area (Å²) in [5.74, 6) is 0. The molecule has 0 spiro atoms. The summed E-state index contributed by atoms with van der Waals surface area (Å²) in [6.45, 7) is 8.62. The monoisotopic (exact) mass is 321 g/mol. The highest BCUT2D eigenvalue weighted by Crippen LogP contribution is 2.37. The summed E-state index contributed by atoms with van der Waals surface area (Å²) in [5, 5.41) is 11.9. The number of aromatic nitrogens is 3. The lowest BCUT2D eigenvalue weighted by atomic mass is 10.1. The van der Waals surface area contributed by atoms with Gasteiger partial charge in [0.1, 0.15) is 11.9 Å². The summed E-state index contributed by atoms with van der Waals surface area (Å²) in [4.78, 5) is 3.29. The molecular formula is C19H23N5. The van der Waals surface area contributed by atoms with Crippen LogP contribution in [0.3, 0.4) is 0 Å². The molecule has 5 nitrogen and oxygen atoms in total. The van der Waals surface area contributed by atoms with Gasteiger partial charge in [0.05, 0.1) is 28.3 Å². The minimum atomic E-state index is -0.0965. The Morgan fingerprint density at radius 1 is 1.04 bits per heavy atom. The third-order valence-electron chi connectivity index (χ3n) is 4.31. The lowest BCUT2D eigenvalue weighted by Crippen LogP contribution is -2.25. The fourth-order valence-electron chi connectivity index (χ4n) is 3.13. The van der Waals surface area contributed by atoms with Crippen LogP contribution in [-0.2, 0) is 5.54 Å². The van der Waals surface area contributed by atoms with Crippen LogP contribution in [0.1, 0.15) is 38.2 Å². The van der Waals surface area contributed by atoms with Gasteiger partial charge in [-0.2, -0.15) is 5.10 Å². The van der Waals surface area contributed by atoms with Gasteiger partial charge in [-0.15, -0.1) is 0 Å². The zero-order valence-corrected chi connectivity index (χ0v) is 14.5. The maximum atomic E-state index is 4.90. The Morgan fingerprint density at radius 2 is 1.83 bits per heavy atom. The maximum absolute atomic E-state index is 4.90. The first-order valence-electron chi connectivity index (χ1n) is 8.30. The molecule has 0 bridgehead atoms. The summed E-state index contributed by atoms with van der Waals surface area (Å²) < 4.78 is 2.09. The second-order valence-corrected chi connectivity index (χ2v) is 7.39. The lowest BCUT2D eigenvalue weighted by Gasteiger charge is -2.22. The summed E-state index contributed by atoms with van der Waals surface area (Å²) in [7, 11) is 0. The zero-order valence-electron chi connectivity index (χ0n) is 14.5. The van der Waals surface area contributed by atoms with E-state index in [1.54, 1.807) is 0 Å². The second-order valence-electron chi connectivity index (χ2n) is 7.39. The van der Waals surface area contributed by atoms with Gasteiger partial charge in [-0.3, -0.25) is 4.68 Å². The van der Waals surface area contributed by atoms with Crippen molar-refractivity contribution < 1.29 is 0 Å². The fraction of sp³-hybridized carbons (Fsp3) is 0.316. The highest BCUT2D eigenvalue weighted by Gasteiger charge is 2.27. The molecule has 1 unspecified atom stereocenters. The molecular weight excluding hydrogens is 298 g/mol. The quantitative estimate of drug-likeness (QED) is 0.652. The van der Waals surface area contributed by atoms with E-state index >= 15 is 0 Å². The van der Waals surface area contributed by atoms with Crippen LogP contribution in [0, 0.1) is 6.92 Å². The molecule has 1 aliphatic rings. The Morgan fingerprint density at radius 3 is 2.54 bits per heavy atom. The molecule has 0 saturated heterocycles. The number of fused-ring (bicyclic) bond motifs is 1. The molecule has 1 aliphatic heterocycles. The molecule has 0 fully saturated rings. The van der Waals surface area contributed by atoms with Crippen molar-refractivity contribution in [3.8, 4) is 11.4 Å². The van der Waals surface area contributed by atoms with Gasteiger partial charge in [-0.05, 0) is 63.6 Å². The number of hydrogen-bond acceptors (Lipinski definition) is 3. The van der Waals surface area contributed by atoms with Crippen LogP contribution < -0.4 is 10.6 Å².